The summed E-state index contributed by atoms with van der Waals surface area (Å²) < 4.78 is 43.2. The lowest BCUT2D eigenvalue weighted by molar-refractivity contribution is -0.137. The second-order valence-corrected chi connectivity index (χ2v) is 5.93. The molecular weight excluding hydrogens is 357 g/mol. The molecule has 0 saturated carbocycles. The average Bonchev–Trinajstić information content (AvgIpc) is 2.61. The Morgan fingerprint density at radius 3 is 2.64 bits per heavy atom. The van der Waals surface area contributed by atoms with E-state index in [4.69, 9.17) is 16.3 Å². The van der Waals surface area contributed by atoms with Gasteiger partial charge in [-0.25, -0.2) is 9.97 Å². The Balaban J connectivity index is 1.67. The van der Waals surface area contributed by atoms with Gasteiger partial charge < -0.3 is 15.0 Å². The SMILES string of the molecule is FC(F)(F)c1cnc(NCc2ccnc(N3CCOCC3)c2)c(Cl)c1. The molecule has 1 N–H and O–H groups in total. The molecule has 1 aliphatic heterocycles. The largest absolute Gasteiger partial charge is 0.417 e. The molecule has 0 aromatic carbocycles. The summed E-state index contributed by atoms with van der Waals surface area (Å²) in [5.41, 5.74) is 0.0517. The van der Waals surface area contributed by atoms with Crippen molar-refractivity contribution in [2.75, 3.05) is 36.5 Å². The Hall–Kier alpha value is -2.06. The number of ether oxygens (including phenoxy) is 1. The maximum Gasteiger partial charge on any atom is 0.417 e. The van der Waals surface area contributed by atoms with Gasteiger partial charge in [0.05, 0.1) is 23.8 Å². The molecule has 0 bridgehead atoms. The van der Waals surface area contributed by atoms with Gasteiger partial charge >= 0.3 is 6.18 Å². The van der Waals surface area contributed by atoms with Crippen molar-refractivity contribution in [3.05, 3.63) is 46.7 Å². The lowest BCUT2D eigenvalue weighted by Gasteiger charge is -2.28. The zero-order valence-corrected chi connectivity index (χ0v) is 13.9. The third kappa shape index (κ3) is 4.52. The summed E-state index contributed by atoms with van der Waals surface area (Å²) in [7, 11) is 0. The minimum absolute atomic E-state index is 0.0720. The van der Waals surface area contributed by atoms with Gasteiger partial charge in [-0.15, -0.1) is 0 Å². The molecule has 2 aromatic rings. The smallest absolute Gasteiger partial charge is 0.378 e. The molecule has 0 atom stereocenters. The Kier molecular flexibility index (Phi) is 5.29. The van der Waals surface area contributed by atoms with Crippen molar-refractivity contribution in [1.29, 1.82) is 0 Å². The lowest BCUT2D eigenvalue weighted by atomic mass is 10.2. The maximum atomic E-state index is 12.6. The highest BCUT2D eigenvalue weighted by atomic mass is 35.5. The van der Waals surface area contributed by atoms with Crippen LogP contribution in [0.2, 0.25) is 5.02 Å². The average molecular weight is 373 g/mol. The number of nitrogens with zero attached hydrogens (tertiary/aromatic N) is 3. The number of halogens is 4. The van der Waals surface area contributed by atoms with E-state index in [0.717, 1.165) is 36.7 Å². The molecule has 0 radical (unpaired) electrons. The van der Waals surface area contributed by atoms with E-state index in [2.05, 4.69) is 20.2 Å². The van der Waals surface area contributed by atoms with Crippen LogP contribution in [0.15, 0.2) is 30.6 Å². The molecule has 134 valence electrons. The molecule has 3 rings (SSSR count). The van der Waals surface area contributed by atoms with Crippen molar-refractivity contribution in [2.24, 2.45) is 0 Å². The zero-order valence-electron chi connectivity index (χ0n) is 13.2. The van der Waals surface area contributed by atoms with Crippen LogP contribution >= 0.6 is 11.6 Å². The molecule has 3 heterocycles. The normalized spacial score (nSPS) is 15.3. The van der Waals surface area contributed by atoms with Gasteiger partial charge in [-0.2, -0.15) is 13.2 Å². The highest BCUT2D eigenvalue weighted by Gasteiger charge is 2.31. The highest BCUT2D eigenvalue weighted by molar-refractivity contribution is 6.32. The fraction of sp³-hybridized carbons (Fsp3) is 0.375. The summed E-state index contributed by atoms with van der Waals surface area (Å²) in [5.74, 6) is 1.05. The van der Waals surface area contributed by atoms with Crippen LogP contribution < -0.4 is 10.2 Å². The summed E-state index contributed by atoms with van der Waals surface area (Å²) in [5, 5.41) is 2.88. The summed E-state index contributed by atoms with van der Waals surface area (Å²) in [6, 6.07) is 4.62. The van der Waals surface area contributed by atoms with Gasteiger partial charge in [0.2, 0.25) is 0 Å². The van der Waals surface area contributed by atoms with Crippen LogP contribution in [0.5, 0.6) is 0 Å². The molecule has 5 nitrogen and oxygen atoms in total. The van der Waals surface area contributed by atoms with Gasteiger partial charge in [-0.3, -0.25) is 0 Å². The minimum Gasteiger partial charge on any atom is -0.378 e. The Morgan fingerprint density at radius 1 is 1.20 bits per heavy atom. The Labute approximate surface area is 147 Å². The fourth-order valence-electron chi connectivity index (χ4n) is 2.44. The van der Waals surface area contributed by atoms with Crippen molar-refractivity contribution >= 4 is 23.2 Å². The molecule has 0 aliphatic carbocycles. The Bertz CT molecular complexity index is 736. The van der Waals surface area contributed by atoms with E-state index in [-0.39, 0.29) is 10.8 Å². The Morgan fingerprint density at radius 2 is 1.96 bits per heavy atom. The highest BCUT2D eigenvalue weighted by Crippen LogP contribution is 2.32. The van der Waals surface area contributed by atoms with E-state index < -0.39 is 11.7 Å². The van der Waals surface area contributed by atoms with Crippen LogP contribution in [0.1, 0.15) is 11.1 Å². The quantitative estimate of drug-likeness (QED) is 0.888. The maximum absolute atomic E-state index is 12.6. The van der Waals surface area contributed by atoms with Gasteiger partial charge in [0.1, 0.15) is 11.6 Å². The van der Waals surface area contributed by atoms with Crippen molar-refractivity contribution in [1.82, 2.24) is 9.97 Å². The van der Waals surface area contributed by atoms with Crippen molar-refractivity contribution in [3.63, 3.8) is 0 Å². The molecular formula is C16H16ClF3N4O. The number of nitrogens with one attached hydrogen (secondary N) is 1. The number of morpholine rings is 1. The monoisotopic (exact) mass is 372 g/mol. The molecule has 1 aliphatic rings. The van der Waals surface area contributed by atoms with Crippen LogP contribution in [0.4, 0.5) is 24.8 Å². The summed E-state index contributed by atoms with van der Waals surface area (Å²) in [4.78, 5) is 10.2. The predicted molar refractivity (Wildman–Crippen MR) is 88.8 cm³/mol. The first-order valence-electron chi connectivity index (χ1n) is 7.68. The number of aromatic nitrogens is 2. The standard InChI is InChI=1S/C16H16ClF3N4O/c17-13-8-12(16(18,19)20)10-23-15(13)22-9-11-1-2-21-14(7-11)24-3-5-25-6-4-24/h1-2,7-8,10H,3-6,9H2,(H,22,23). The zero-order chi connectivity index (χ0) is 17.9. The fourth-order valence-corrected chi connectivity index (χ4v) is 2.68. The summed E-state index contributed by atoms with van der Waals surface area (Å²) in [6.45, 7) is 3.24. The second-order valence-electron chi connectivity index (χ2n) is 5.53. The molecule has 9 heteroatoms. The summed E-state index contributed by atoms with van der Waals surface area (Å²) in [6.07, 6.45) is -2.00. The van der Waals surface area contributed by atoms with Gasteiger partial charge in [0, 0.05) is 32.0 Å². The molecule has 1 fully saturated rings. The van der Waals surface area contributed by atoms with Crippen LogP contribution in [0.25, 0.3) is 0 Å². The van der Waals surface area contributed by atoms with E-state index >= 15 is 0 Å². The molecule has 1 saturated heterocycles. The number of anilines is 2. The lowest BCUT2D eigenvalue weighted by Crippen LogP contribution is -2.36. The second kappa shape index (κ2) is 7.45. The van der Waals surface area contributed by atoms with Crippen molar-refractivity contribution in [3.8, 4) is 0 Å². The summed E-state index contributed by atoms with van der Waals surface area (Å²) >= 11 is 5.90. The van der Waals surface area contributed by atoms with Crippen molar-refractivity contribution < 1.29 is 17.9 Å². The molecule has 0 spiro atoms. The van der Waals surface area contributed by atoms with Crippen LogP contribution in [-0.4, -0.2) is 36.3 Å². The minimum atomic E-state index is -4.46. The molecule has 0 unspecified atom stereocenters. The van der Waals surface area contributed by atoms with E-state index in [1.54, 1.807) is 6.20 Å². The molecule has 0 amide bonds. The topological polar surface area (TPSA) is 50.3 Å². The van der Waals surface area contributed by atoms with Gasteiger partial charge in [-0.05, 0) is 23.8 Å². The number of pyridine rings is 2. The number of rotatable bonds is 4. The predicted octanol–water partition coefficient (Wildman–Crippen LogP) is 3.60. The van der Waals surface area contributed by atoms with Gasteiger partial charge in [0.15, 0.2) is 0 Å². The first-order chi connectivity index (χ1) is 11.9. The van der Waals surface area contributed by atoms with Crippen molar-refractivity contribution in [2.45, 2.75) is 12.7 Å². The van der Waals surface area contributed by atoms with E-state index in [1.165, 1.54) is 0 Å². The van der Waals surface area contributed by atoms with E-state index in [1.807, 2.05) is 12.1 Å². The van der Waals surface area contributed by atoms with E-state index in [0.29, 0.717) is 19.8 Å². The molecule has 2 aromatic heterocycles. The van der Waals surface area contributed by atoms with Gasteiger partial charge in [-0.1, -0.05) is 11.6 Å². The third-order valence-electron chi connectivity index (χ3n) is 3.77. The third-order valence-corrected chi connectivity index (χ3v) is 4.06. The molecule has 25 heavy (non-hydrogen) atoms. The number of alkyl halides is 3. The number of hydrogen-bond acceptors (Lipinski definition) is 5. The first kappa shape index (κ1) is 17.8. The first-order valence-corrected chi connectivity index (χ1v) is 8.05. The van der Waals surface area contributed by atoms with Crippen LogP contribution in [-0.2, 0) is 17.5 Å². The van der Waals surface area contributed by atoms with Gasteiger partial charge in [0.25, 0.3) is 0 Å². The van der Waals surface area contributed by atoms with Crippen LogP contribution in [0, 0.1) is 0 Å². The van der Waals surface area contributed by atoms with Crippen LogP contribution in [0.3, 0.4) is 0 Å². The number of hydrogen-bond donors (Lipinski definition) is 1. The van der Waals surface area contributed by atoms with E-state index in [9.17, 15) is 13.2 Å².